The van der Waals surface area contributed by atoms with Gasteiger partial charge in [0.2, 0.25) is 0 Å². The SMILES string of the molecule is O=C(O)C1CC(O)CN1c1nc(-c2ccccc2)nc2[nH]ccc12. The van der Waals surface area contributed by atoms with E-state index < -0.39 is 18.1 Å². The summed E-state index contributed by atoms with van der Waals surface area (Å²) >= 11 is 0. The molecular formula is C17H16N4O3. The van der Waals surface area contributed by atoms with Crippen LogP contribution < -0.4 is 4.90 Å². The van der Waals surface area contributed by atoms with E-state index in [-0.39, 0.29) is 13.0 Å². The molecule has 1 aliphatic rings. The zero-order valence-corrected chi connectivity index (χ0v) is 12.8. The summed E-state index contributed by atoms with van der Waals surface area (Å²) in [6.45, 7) is 0.239. The monoisotopic (exact) mass is 324 g/mol. The second kappa shape index (κ2) is 5.61. The number of nitrogens with zero attached hydrogens (tertiary/aromatic N) is 3. The van der Waals surface area contributed by atoms with Crippen molar-refractivity contribution in [2.75, 3.05) is 11.4 Å². The van der Waals surface area contributed by atoms with Crippen molar-refractivity contribution < 1.29 is 15.0 Å². The summed E-state index contributed by atoms with van der Waals surface area (Å²) in [6.07, 6.45) is 1.25. The van der Waals surface area contributed by atoms with E-state index in [1.807, 2.05) is 36.4 Å². The van der Waals surface area contributed by atoms with E-state index in [4.69, 9.17) is 0 Å². The number of hydrogen-bond donors (Lipinski definition) is 3. The molecule has 1 aromatic carbocycles. The van der Waals surface area contributed by atoms with Crippen molar-refractivity contribution in [2.45, 2.75) is 18.6 Å². The predicted molar refractivity (Wildman–Crippen MR) is 88.7 cm³/mol. The summed E-state index contributed by atoms with van der Waals surface area (Å²) in [5.74, 6) is 0.0882. The van der Waals surface area contributed by atoms with Gasteiger partial charge in [-0.2, -0.15) is 0 Å². The van der Waals surface area contributed by atoms with Crippen LogP contribution in [0.15, 0.2) is 42.6 Å². The number of carboxylic acid groups (broad SMARTS) is 1. The van der Waals surface area contributed by atoms with E-state index in [0.29, 0.717) is 17.3 Å². The fourth-order valence-corrected chi connectivity index (χ4v) is 3.14. The number of carbonyl (C=O) groups is 1. The van der Waals surface area contributed by atoms with Crippen LogP contribution in [-0.4, -0.2) is 49.8 Å². The number of benzene rings is 1. The fraction of sp³-hybridized carbons (Fsp3) is 0.235. The Hall–Kier alpha value is -2.93. The first-order chi connectivity index (χ1) is 11.6. The average molecular weight is 324 g/mol. The van der Waals surface area contributed by atoms with Crippen LogP contribution in [0.3, 0.4) is 0 Å². The molecule has 1 aliphatic heterocycles. The average Bonchev–Trinajstić information content (AvgIpc) is 3.21. The van der Waals surface area contributed by atoms with Crippen molar-refractivity contribution in [3.63, 3.8) is 0 Å². The van der Waals surface area contributed by atoms with Crippen molar-refractivity contribution in [3.05, 3.63) is 42.6 Å². The largest absolute Gasteiger partial charge is 0.480 e. The Kier molecular flexibility index (Phi) is 3.42. The van der Waals surface area contributed by atoms with Crippen LogP contribution in [0.2, 0.25) is 0 Å². The minimum Gasteiger partial charge on any atom is -0.480 e. The summed E-state index contributed by atoms with van der Waals surface area (Å²) in [6, 6.07) is 10.5. The van der Waals surface area contributed by atoms with Gasteiger partial charge in [-0.15, -0.1) is 0 Å². The third-order valence-electron chi connectivity index (χ3n) is 4.26. The van der Waals surface area contributed by atoms with Gasteiger partial charge >= 0.3 is 5.97 Å². The van der Waals surface area contributed by atoms with Gasteiger partial charge in [0.1, 0.15) is 17.5 Å². The smallest absolute Gasteiger partial charge is 0.326 e. The van der Waals surface area contributed by atoms with Gasteiger partial charge in [-0.3, -0.25) is 0 Å². The zero-order chi connectivity index (χ0) is 16.7. The summed E-state index contributed by atoms with van der Waals surface area (Å²) in [7, 11) is 0. The van der Waals surface area contributed by atoms with Crippen molar-refractivity contribution in [1.82, 2.24) is 15.0 Å². The molecule has 3 heterocycles. The predicted octanol–water partition coefficient (Wildman–Crippen LogP) is 1.65. The van der Waals surface area contributed by atoms with E-state index in [9.17, 15) is 15.0 Å². The summed E-state index contributed by atoms with van der Waals surface area (Å²) in [4.78, 5) is 25.4. The number of aromatic nitrogens is 3. The highest BCUT2D eigenvalue weighted by Crippen LogP contribution is 2.32. The lowest BCUT2D eigenvalue weighted by atomic mass is 10.2. The van der Waals surface area contributed by atoms with Gasteiger partial charge < -0.3 is 20.1 Å². The van der Waals surface area contributed by atoms with Gasteiger partial charge in [-0.25, -0.2) is 14.8 Å². The third-order valence-corrected chi connectivity index (χ3v) is 4.26. The summed E-state index contributed by atoms with van der Waals surface area (Å²) in [5, 5.41) is 20.1. The molecule has 3 aromatic rings. The number of aliphatic carboxylic acids is 1. The van der Waals surface area contributed by atoms with Crippen LogP contribution in [0.25, 0.3) is 22.4 Å². The lowest BCUT2D eigenvalue weighted by Crippen LogP contribution is -2.36. The van der Waals surface area contributed by atoms with Crippen molar-refractivity contribution in [2.24, 2.45) is 0 Å². The molecule has 3 N–H and O–H groups in total. The van der Waals surface area contributed by atoms with Crippen LogP contribution in [0.1, 0.15) is 6.42 Å². The number of carboxylic acids is 1. The Morgan fingerprint density at radius 1 is 1.21 bits per heavy atom. The molecule has 1 saturated heterocycles. The number of aromatic amines is 1. The number of hydrogen-bond acceptors (Lipinski definition) is 5. The van der Waals surface area contributed by atoms with Gasteiger partial charge in [0.05, 0.1) is 11.5 Å². The molecule has 122 valence electrons. The van der Waals surface area contributed by atoms with Gasteiger partial charge in [0, 0.05) is 24.7 Å². The van der Waals surface area contributed by atoms with Crippen LogP contribution in [0.4, 0.5) is 5.82 Å². The molecule has 7 nitrogen and oxygen atoms in total. The minimum atomic E-state index is -0.963. The quantitative estimate of drug-likeness (QED) is 0.677. The molecule has 7 heteroatoms. The van der Waals surface area contributed by atoms with E-state index >= 15 is 0 Å². The number of rotatable bonds is 3. The maximum absolute atomic E-state index is 11.6. The topological polar surface area (TPSA) is 102 Å². The number of anilines is 1. The number of nitrogens with one attached hydrogen (secondary N) is 1. The second-order valence-corrected chi connectivity index (χ2v) is 5.87. The highest BCUT2D eigenvalue weighted by Gasteiger charge is 2.38. The van der Waals surface area contributed by atoms with Gasteiger partial charge in [-0.05, 0) is 6.07 Å². The Morgan fingerprint density at radius 2 is 2.00 bits per heavy atom. The minimum absolute atomic E-state index is 0.186. The Bertz CT molecular complexity index is 893. The highest BCUT2D eigenvalue weighted by atomic mass is 16.4. The van der Waals surface area contributed by atoms with Crippen molar-refractivity contribution in [3.8, 4) is 11.4 Å². The molecule has 0 bridgehead atoms. The lowest BCUT2D eigenvalue weighted by Gasteiger charge is -2.23. The van der Waals surface area contributed by atoms with E-state index in [1.54, 1.807) is 11.1 Å². The molecule has 2 aromatic heterocycles. The van der Waals surface area contributed by atoms with E-state index in [2.05, 4.69) is 15.0 Å². The lowest BCUT2D eigenvalue weighted by molar-refractivity contribution is -0.138. The number of fused-ring (bicyclic) bond motifs is 1. The molecule has 0 aliphatic carbocycles. The first kappa shape index (κ1) is 14.6. The van der Waals surface area contributed by atoms with E-state index in [1.165, 1.54) is 0 Å². The highest BCUT2D eigenvalue weighted by molar-refractivity contribution is 5.92. The molecule has 0 amide bonds. The van der Waals surface area contributed by atoms with Crippen LogP contribution in [-0.2, 0) is 4.79 Å². The normalized spacial score (nSPS) is 20.6. The summed E-state index contributed by atoms with van der Waals surface area (Å²) in [5.41, 5.74) is 1.49. The van der Waals surface area contributed by atoms with Crippen LogP contribution >= 0.6 is 0 Å². The maximum Gasteiger partial charge on any atom is 0.326 e. The molecule has 0 spiro atoms. The zero-order valence-electron chi connectivity index (χ0n) is 12.8. The molecule has 2 unspecified atom stereocenters. The molecule has 0 saturated carbocycles. The van der Waals surface area contributed by atoms with E-state index in [0.717, 1.165) is 10.9 Å². The standard InChI is InChI=1S/C17H16N4O3/c22-11-8-13(17(23)24)21(9-11)16-12-6-7-18-15(12)19-14(20-16)10-4-2-1-3-5-10/h1-7,11,13,22H,8-9H2,(H,23,24)(H,18,19,20). The molecular weight excluding hydrogens is 308 g/mol. The first-order valence-electron chi connectivity index (χ1n) is 7.71. The molecule has 1 fully saturated rings. The Morgan fingerprint density at radius 3 is 2.75 bits per heavy atom. The third kappa shape index (κ3) is 2.39. The van der Waals surface area contributed by atoms with Gasteiger partial charge in [0.25, 0.3) is 0 Å². The Labute approximate surface area is 137 Å². The van der Waals surface area contributed by atoms with Crippen molar-refractivity contribution >= 4 is 22.8 Å². The second-order valence-electron chi connectivity index (χ2n) is 5.87. The number of aliphatic hydroxyl groups is 1. The first-order valence-corrected chi connectivity index (χ1v) is 7.71. The molecule has 24 heavy (non-hydrogen) atoms. The number of H-pyrrole nitrogens is 1. The van der Waals surface area contributed by atoms with Gasteiger partial charge in [0.15, 0.2) is 5.82 Å². The molecule has 0 radical (unpaired) electrons. The van der Waals surface area contributed by atoms with Crippen LogP contribution in [0, 0.1) is 0 Å². The number of aliphatic hydroxyl groups excluding tert-OH is 1. The Balaban J connectivity index is 1.88. The molecule has 4 rings (SSSR count). The van der Waals surface area contributed by atoms with Crippen molar-refractivity contribution in [1.29, 1.82) is 0 Å². The van der Waals surface area contributed by atoms with Crippen LogP contribution in [0.5, 0.6) is 0 Å². The molecule has 2 atom stereocenters. The number of β-amino-alcohol motifs (C(OH)–C–C–N with tert-alkyl or cyclic N) is 1. The van der Waals surface area contributed by atoms with Gasteiger partial charge in [-0.1, -0.05) is 30.3 Å². The fourth-order valence-electron chi connectivity index (χ4n) is 3.14. The summed E-state index contributed by atoms with van der Waals surface area (Å²) < 4.78 is 0. The maximum atomic E-state index is 11.6.